The summed E-state index contributed by atoms with van der Waals surface area (Å²) in [6.45, 7) is 6.63. The average molecular weight is 442 g/mol. The maximum Gasteiger partial charge on any atom is 0.254 e. The standard InChI is InChI=1S/C24H35N5O3/c1-15(23(32)29(4)11-5-10-25)18-6-8-24(3)9-7-19(16(2)20(24)21(18)30)28-22(31)17-12-26-14-27-13-17/h12-16,18-21,30H,5-9,11H2,1-4H3,(H,28,31)/t15-,16+,18?,19-,20+,21-,24-/m0/s1. The lowest BCUT2D eigenvalue weighted by atomic mass is 9.51. The van der Waals surface area contributed by atoms with Gasteiger partial charge in [-0.3, -0.25) is 9.59 Å². The van der Waals surface area contributed by atoms with Crippen LogP contribution in [0.4, 0.5) is 0 Å². The van der Waals surface area contributed by atoms with Gasteiger partial charge in [-0.1, -0.05) is 20.8 Å². The minimum absolute atomic E-state index is 0.00742. The van der Waals surface area contributed by atoms with Gasteiger partial charge in [-0.2, -0.15) is 5.26 Å². The topological polar surface area (TPSA) is 119 Å². The Morgan fingerprint density at radius 1 is 1.34 bits per heavy atom. The average Bonchev–Trinajstić information content (AvgIpc) is 2.79. The van der Waals surface area contributed by atoms with Gasteiger partial charge in [0.25, 0.3) is 5.91 Å². The first-order valence-corrected chi connectivity index (χ1v) is 11.6. The molecule has 174 valence electrons. The van der Waals surface area contributed by atoms with Gasteiger partial charge in [-0.25, -0.2) is 9.97 Å². The number of carbonyl (C=O) groups excluding carboxylic acids is 2. The first-order chi connectivity index (χ1) is 15.2. The Hall–Kier alpha value is -2.53. The highest BCUT2D eigenvalue weighted by atomic mass is 16.3. The number of aromatic nitrogens is 2. The van der Waals surface area contributed by atoms with Crippen molar-refractivity contribution in [3.63, 3.8) is 0 Å². The molecule has 0 saturated heterocycles. The molecule has 8 nitrogen and oxygen atoms in total. The highest BCUT2D eigenvalue weighted by molar-refractivity contribution is 5.93. The normalized spacial score (nSPS) is 32.8. The molecule has 0 bridgehead atoms. The summed E-state index contributed by atoms with van der Waals surface area (Å²) in [7, 11) is 1.72. The SMILES string of the molecule is C[C@H]1[C@@H]2[C@@H](O)C([C@H](C)C(=O)N(C)CCC#N)CC[C@@]2(C)CC[C@@H]1NC(=O)c1cncnc1. The van der Waals surface area contributed by atoms with Gasteiger partial charge in [0.2, 0.25) is 5.91 Å². The second-order valence-electron chi connectivity index (χ2n) is 9.93. The maximum absolute atomic E-state index is 12.9. The van der Waals surface area contributed by atoms with Crippen molar-refractivity contribution in [3.8, 4) is 6.07 Å². The summed E-state index contributed by atoms with van der Waals surface area (Å²) in [5.74, 6) is -0.613. The van der Waals surface area contributed by atoms with Gasteiger partial charge in [0.1, 0.15) is 6.33 Å². The van der Waals surface area contributed by atoms with E-state index in [1.807, 2.05) is 6.92 Å². The van der Waals surface area contributed by atoms with Gasteiger partial charge in [0, 0.05) is 37.9 Å². The van der Waals surface area contributed by atoms with E-state index in [1.165, 1.54) is 18.7 Å². The summed E-state index contributed by atoms with van der Waals surface area (Å²) >= 11 is 0. The summed E-state index contributed by atoms with van der Waals surface area (Å²) in [6, 6.07) is 2.02. The van der Waals surface area contributed by atoms with Crippen LogP contribution in [0, 0.1) is 40.4 Å². The third-order valence-electron chi connectivity index (χ3n) is 7.99. The number of amides is 2. The molecular weight excluding hydrogens is 406 g/mol. The molecule has 7 atom stereocenters. The monoisotopic (exact) mass is 441 g/mol. The number of hydrogen-bond donors (Lipinski definition) is 2. The van der Waals surface area contributed by atoms with E-state index >= 15 is 0 Å². The van der Waals surface area contributed by atoms with Crippen molar-refractivity contribution < 1.29 is 14.7 Å². The molecular formula is C24H35N5O3. The van der Waals surface area contributed by atoms with E-state index in [1.54, 1.807) is 11.9 Å². The number of carbonyl (C=O) groups is 2. The Labute approximate surface area is 190 Å². The van der Waals surface area contributed by atoms with E-state index in [2.05, 4.69) is 35.2 Å². The van der Waals surface area contributed by atoms with Crippen molar-refractivity contribution in [2.24, 2.45) is 29.1 Å². The fourth-order valence-electron chi connectivity index (χ4n) is 6.02. The van der Waals surface area contributed by atoms with E-state index in [-0.39, 0.29) is 46.9 Å². The summed E-state index contributed by atoms with van der Waals surface area (Å²) in [5.41, 5.74) is 0.414. The van der Waals surface area contributed by atoms with E-state index in [4.69, 9.17) is 5.26 Å². The quantitative estimate of drug-likeness (QED) is 0.700. The molecule has 2 saturated carbocycles. The minimum Gasteiger partial charge on any atom is -0.392 e. The van der Waals surface area contributed by atoms with Crippen molar-refractivity contribution >= 4 is 11.8 Å². The predicted molar refractivity (Wildman–Crippen MR) is 119 cm³/mol. The Bertz CT molecular complexity index is 857. The summed E-state index contributed by atoms with van der Waals surface area (Å²) in [4.78, 5) is 35.0. The molecule has 0 radical (unpaired) electrons. The fraction of sp³-hybridized carbons (Fsp3) is 0.708. The van der Waals surface area contributed by atoms with Crippen LogP contribution in [0.1, 0.15) is 63.2 Å². The van der Waals surface area contributed by atoms with Gasteiger partial charge in [0.15, 0.2) is 0 Å². The lowest BCUT2D eigenvalue weighted by molar-refractivity contribution is -0.149. The van der Waals surface area contributed by atoms with Crippen LogP contribution >= 0.6 is 0 Å². The molecule has 0 spiro atoms. The highest BCUT2D eigenvalue weighted by Gasteiger charge is 2.54. The Morgan fingerprint density at radius 2 is 2.00 bits per heavy atom. The number of rotatable bonds is 6. The van der Waals surface area contributed by atoms with Gasteiger partial charge in [-0.05, 0) is 48.9 Å². The summed E-state index contributed by atoms with van der Waals surface area (Å²) in [5, 5.41) is 23.4. The van der Waals surface area contributed by atoms with Crippen molar-refractivity contribution in [3.05, 3.63) is 24.3 Å². The van der Waals surface area contributed by atoms with Gasteiger partial charge < -0.3 is 15.3 Å². The van der Waals surface area contributed by atoms with E-state index in [0.717, 1.165) is 25.7 Å². The van der Waals surface area contributed by atoms with Crippen LogP contribution in [0.5, 0.6) is 0 Å². The summed E-state index contributed by atoms with van der Waals surface area (Å²) in [6.07, 6.45) is 7.62. The molecule has 32 heavy (non-hydrogen) atoms. The smallest absolute Gasteiger partial charge is 0.254 e. The van der Waals surface area contributed by atoms with Crippen LogP contribution < -0.4 is 5.32 Å². The molecule has 2 aliphatic rings. The highest BCUT2D eigenvalue weighted by Crippen LogP contribution is 2.55. The summed E-state index contributed by atoms with van der Waals surface area (Å²) < 4.78 is 0. The van der Waals surface area contributed by atoms with Crippen molar-refractivity contribution in [2.75, 3.05) is 13.6 Å². The zero-order valence-corrected chi connectivity index (χ0v) is 19.5. The third-order valence-corrected chi connectivity index (χ3v) is 7.99. The second kappa shape index (κ2) is 9.95. The number of aliphatic hydroxyl groups excluding tert-OH is 1. The molecule has 2 aliphatic carbocycles. The minimum atomic E-state index is -0.619. The van der Waals surface area contributed by atoms with Gasteiger partial charge >= 0.3 is 0 Å². The number of nitrogens with one attached hydrogen (secondary N) is 1. The Morgan fingerprint density at radius 3 is 2.66 bits per heavy atom. The molecule has 8 heteroatoms. The van der Waals surface area contributed by atoms with E-state index < -0.39 is 6.10 Å². The molecule has 2 fully saturated rings. The molecule has 2 N–H and O–H groups in total. The fourth-order valence-corrected chi connectivity index (χ4v) is 6.02. The zero-order chi connectivity index (χ0) is 23.5. The largest absolute Gasteiger partial charge is 0.392 e. The maximum atomic E-state index is 12.9. The van der Waals surface area contributed by atoms with Crippen LogP contribution in [-0.4, -0.2) is 57.5 Å². The molecule has 1 aromatic heterocycles. The number of aliphatic hydroxyl groups is 1. The van der Waals surface area contributed by atoms with Crippen LogP contribution in [-0.2, 0) is 4.79 Å². The molecule has 0 aliphatic heterocycles. The van der Waals surface area contributed by atoms with E-state index in [9.17, 15) is 14.7 Å². The molecule has 1 heterocycles. The van der Waals surface area contributed by atoms with E-state index in [0.29, 0.717) is 18.5 Å². The van der Waals surface area contributed by atoms with Crippen LogP contribution in [0.2, 0.25) is 0 Å². The zero-order valence-electron chi connectivity index (χ0n) is 19.5. The number of nitriles is 1. The molecule has 1 unspecified atom stereocenters. The van der Waals surface area contributed by atoms with Crippen molar-refractivity contribution in [1.29, 1.82) is 5.26 Å². The number of nitrogens with zero attached hydrogens (tertiary/aromatic N) is 4. The van der Waals surface area contributed by atoms with Crippen LogP contribution in [0.3, 0.4) is 0 Å². The number of hydrogen-bond acceptors (Lipinski definition) is 6. The predicted octanol–water partition coefficient (Wildman–Crippen LogP) is 2.41. The lowest BCUT2D eigenvalue weighted by Crippen LogP contribution is -2.58. The molecule has 3 rings (SSSR count). The van der Waals surface area contributed by atoms with Crippen molar-refractivity contribution in [1.82, 2.24) is 20.2 Å². The van der Waals surface area contributed by atoms with Gasteiger partial charge in [0.05, 0.1) is 24.2 Å². The Balaban J connectivity index is 1.73. The van der Waals surface area contributed by atoms with Crippen LogP contribution in [0.15, 0.2) is 18.7 Å². The first kappa shape index (κ1) is 24.1. The molecule has 2 amide bonds. The Kier molecular flexibility index (Phi) is 7.50. The van der Waals surface area contributed by atoms with Gasteiger partial charge in [-0.15, -0.1) is 0 Å². The molecule has 1 aromatic rings. The van der Waals surface area contributed by atoms with Crippen LogP contribution in [0.25, 0.3) is 0 Å². The number of fused-ring (bicyclic) bond motifs is 1. The third kappa shape index (κ3) is 4.78. The molecule has 0 aromatic carbocycles. The first-order valence-electron chi connectivity index (χ1n) is 11.6. The van der Waals surface area contributed by atoms with Crippen molar-refractivity contribution in [2.45, 2.75) is 65.0 Å². The second-order valence-corrected chi connectivity index (χ2v) is 9.93. The lowest BCUT2D eigenvalue weighted by Gasteiger charge is -2.56.